The molecule has 0 spiro atoms. The van der Waals surface area contributed by atoms with E-state index < -0.39 is 29.4 Å². The molecule has 1 N–H and O–H groups in total. The number of nitrogens with zero attached hydrogens (tertiary/aromatic N) is 3. The number of anilines is 1. The highest BCUT2D eigenvalue weighted by Gasteiger charge is 2.36. The minimum atomic E-state index is -4.68. The Morgan fingerprint density at radius 2 is 1.94 bits per heavy atom. The van der Waals surface area contributed by atoms with Crippen LogP contribution in [0.4, 0.5) is 27.6 Å². The molecule has 0 atom stereocenters. The molecule has 2 aromatic heterocycles. The number of halogens is 5. The molecule has 0 bridgehead atoms. The molecular formula is C21H19F5N4O2. The summed E-state index contributed by atoms with van der Waals surface area (Å²) in [5.74, 6) is -3.24. The lowest BCUT2D eigenvalue weighted by Gasteiger charge is -2.28. The van der Waals surface area contributed by atoms with Crippen molar-refractivity contribution in [3.05, 3.63) is 47.9 Å². The molecule has 0 radical (unpaired) electrons. The maximum absolute atomic E-state index is 13.4. The van der Waals surface area contributed by atoms with Gasteiger partial charge in [0.05, 0.1) is 24.4 Å². The largest absolute Gasteiger partial charge is 0.494 e. The number of aromatic nitrogens is 3. The summed E-state index contributed by atoms with van der Waals surface area (Å²) in [5.41, 5.74) is -0.818. The summed E-state index contributed by atoms with van der Waals surface area (Å²) < 4.78 is 72.5. The van der Waals surface area contributed by atoms with E-state index in [9.17, 15) is 26.7 Å². The number of carbonyl (C=O) groups is 1. The average molecular weight is 454 g/mol. The molecule has 1 aromatic carbocycles. The second-order valence-corrected chi connectivity index (χ2v) is 7.67. The number of pyridine rings is 1. The minimum Gasteiger partial charge on any atom is -0.494 e. The fourth-order valence-electron chi connectivity index (χ4n) is 3.72. The Morgan fingerprint density at radius 3 is 2.59 bits per heavy atom. The molecule has 6 nitrogen and oxygen atoms in total. The van der Waals surface area contributed by atoms with Crippen LogP contribution in [-0.2, 0) is 6.18 Å². The second kappa shape index (κ2) is 8.03. The minimum absolute atomic E-state index is 0.166. The highest BCUT2D eigenvalue weighted by molar-refractivity contribution is 6.05. The Kier molecular flexibility index (Phi) is 5.51. The maximum Gasteiger partial charge on any atom is 0.433 e. The summed E-state index contributed by atoms with van der Waals surface area (Å²) in [6, 6.07) is 6.02. The van der Waals surface area contributed by atoms with E-state index in [1.807, 2.05) is 0 Å². The van der Waals surface area contributed by atoms with Crippen LogP contribution in [0.2, 0.25) is 0 Å². The SMILES string of the molecule is COc1cc2nn(C3CCC(F)(F)CC3)cc2cc1NC(=O)c1cccc(C(F)(F)F)n1. The quantitative estimate of drug-likeness (QED) is 0.532. The molecule has 4 rings (SSSR count). The summed E-state index contributed by atoms with van der Waals surface area (Å²) in [6.45, 7) is 0. The van der Waals surface area contributed by atoms with Gasteiger partial charge in [-0.2, -0.15) is 18.3 Å². The number of amides is 1. The third kappa shape index (κ3) is 4.51. The smallest absolute Gasteiger partial charge is 0.433 e. The summed E-state index contributed by atoms with van der Waals surface area (Å²) in [4.78, 5) is 15.9. The van der Waals surface area contributed by atoms with E-state index in [4.69, 9.17) is 4.74 Å². The Hall–Kier alpha value is -3.24. The van der Waals surface area contributed by atoms with Crippen molar-refractivity contribution in [1.29, 1.82) is 0 Å². The maximum atomic E-state index is 13.4. The van der Waals surface area contributed by atoms with Crippen molar-refractivity contribution in [3.63, 3.8) is 0 Å². The van der Waals surface area contributed by atoms with Crippen LogP contribution in [0.5, 0.6) is 5.75 Å². The average Bonchev–Trinajstić information content (AvgIpc) is 3.15. The van der Waals surface area contributed by atoms with Crippen molar-refractivity contribution in [2.75, 3.05) is 12.4 Å². The normalized spacial score (nSPS) is 16.8. The number of alkyl halides is 5. The predicted octanol–water partition coefficient (Wildman–Crippen LogP) is 5.46. The Labute approximate surface area is 179 Å². The molecule has 2 heterocycles. The first-order chi connectivity index (χ1) is 15.1. The number of benzene rings is 1. The topological polar surface area (TPSA) is 69.0 Å². The van der Waals surface area contributed by atoms with E-state index in [0.717, 1.165) is 12.1 Å². The van der Waals surface area contributed by atoms with Crippen molar-refractivity contribution in [3.8, 4) is 5.75 Å². The highest BCUT2D eigenvalue weighted by Crippen LogP contribution is 2.39. The summed E-state index contributed by atoms with van der Waals surface area (Å²) in [5, 5.41) is 7.59. The van der Waals surface area contributed by atoms with Crippen molar-refractivity contribution < 1.29 is 31.5 Å². The van der Waals surface area contributed by atoms with Crippen LogP contribution < -0.4 is 10.1 Å². The summed E-state index contributed by atoms with van der Waals surface area (Å²) in [7, 11) is 1.37. The summed E-state index contributed by atoms with van der Waals surface area (Å²) in [6.07, 6.45) is -2.80. The van der Waals surface area contributed by atoms with Crippen molar-refractivity contribution in [2.24, 2.45) is 0 Å². The zero-order valence-corrected chi connectivity index (χ0v) is 16.9. The van der Waals surface area contributed by atoms with Crippen LogP contribution >= 0.6 is 0 Å². The van der Waals surface area contributed by atoms with Gasteiger partial charge in [-0.05, 0) is 31.0 Å². The molecule has 0 aliphatic heterocycles. The zero-order chi connectivity index (χ0) is 23.1. The predicted molar refractivity (Wildman–Crippen MR) is 106 cm³/mol. The number of ether oxygens (including phenoxy) is 1. The van der Waals surface area contributed by atoms with Gasteiger partial charge in [-0.3, -0.25) is 9.48 Å². The van der Waals surface area contributed by atoms with Gasteiger partial charge < -0.3 is 10.1 Å². The fourth-order valence-corrected chi connectivity index (χ4v) is 3.72. The van der Waals surface area contributed by atoms with Crippen LogP contribution in [0, 0.1) is 0 Å². The van der Waals surface area contributed by atoms with Crippen LogP contribution in [0.3, 0.4) is 0 Å². The van der Waals surface area contributed by atoms with Crippen molar-refractivity contribution >= 4 is 22.5 Å². The van der Waals surface area contributed by atoms with Crippen LogP contribution in [-0.4, -0.2) is 33.7 Å². The van der Waals surface area contributed by atoms with Crippen molar-refractivity contribution in [2.45, 2.75) is 43.8 Å². The van der Waals surface area contributed by atoms with Gasteiger partial charge >= 0.3 is 6.18 Å². The summed E-state index contributed by atoms with van der Waals surface area (Å²) >= 11 is 0. The Bertz CT molecular complexity index is 1150. The molecule has 1 aliphatic rings. The molecule has 170 valence electrons. The lowest BCUT2D eigenvalue weighted by molar-refractivity contribution is -0.141. The molecule has 0 saturated heterocycles. The fraction of sp³-hybridized carbons (Fsp3) is 0.381. The Morgan fingerprint density at radius 1 is 1.22 bits per heavy atom. The molecule has 3 aromatic rings. The van der Waals surface area contributed by atoms with E-state index in [0.29, 0.717) is 23.7 Å². The molecular weight excluding hydrogens is 435 g/mol. The lowest BCUT2D eigenvalue weighted by Crippen LogP contribution is -2.26. The molecule has 1 fully saturated rings. The molecule has 11 heteroatoms. The van der Waals surface area contributed by atoms with Crippen LogP contribution in [0.15, 0.2) is 36.5 Å². The van der Waals surface area contributed by atoms with Gasteiger partial charge in [-0.1, -0.05) is 6.07 Å². The second-order valence-electron chi connectivity index (χ2n) is 7.67. The first kappa shape index (κ1) is 22.0. The lowest BCUT2D eigenvalue weighted by atomic mass is 9.92. The van der Waals surface area contributed by atoms with Gasteiger partial charge in [0.25, 0.3) is 5.91 Å². The van der Waals surface area contributed by atoms with E-state index in [1.54, 1.807) is 23.0 Å². The molecule has 1 amide bonds. The number of rotatable bonds is 4. The molecule has 0 unspecified atom stereocenters. The number of hydrogen-bond donors (Lipinski definition) is 1. The van der Waals surface area contributed by atoms with E-state index in [1.165, 1.54) is 13.2 Å². The molecule has 1 saturated carbocycles. The standard InChI is InChI=1S/C21H19F5N4O2/c1-32-17-10-15-12(11-30(29-15)13-5-7-20(22,23)8-6-13)9-16(17)28-19(31)14-3-2-4-18(27-14)21(24,25)26/h2-4,9-11,13H,5-8H2,1H3,(H,28,31). The molecule has 32 heavy (non-hydrogen) atoms. The number of methoxy groups -OCH3 is 1. The van der Waals surface area contributed by atoms with E-state index >= 15 is 0 Å². The number of hydrogen-bond acceptors (Lipinski definition) is 4. The number of nitrogens with one attached hydrogen (secondary N) is 1. The van der Waals surface area contributed by atoms with Gasteiger partial charge in [0, 0.05) is 30.5 Å². The van der Waals surface area contributed by atoms with Crippen molar-refractivity contribution in [1.82, 2.24) is 14.8 Å². The van der Waals surface area contributed by atoms with Gasteiger partial charge in [0.2, 0.25) is 5.92 Å². The van der Waals surface area contributed by atoms with Gasteiger partial charge in [-0.15, -0.1) is 0 Å². The van der Waals surface area contributed by atoms with Gasteiger partial charge in [0.1, 0.15) is 17.1 Å². The third-order valence-corrected chi connectivity index (χ3v) is 5.42. The monoisotopic (exact) mass is 454 g/mol. The van der Waals surface area contributed by atoms with Crippen LogP contribution in [0.25, 0.3) is 10.9 Å². The van der Waals surface area contributed by atoms with Crippen LogP contribution in [0.1, 0.15) is 47.9 Å². The van der Waals surface area contributed by atoms with E-state index in [2.05, 4.69) is 15.4 Å². The number of fused-ring (bicyclic) bond motifs is 1. The zero-order valence-electron chi connectivity index (χ0n) is 16.9. The number of carbonyl (C=O) groups excluding carboxylic acids is 1. The van der Waals surface area contributed by atoms with E-state index in [-0.39, 0.29) is 30.3 Å². The first-order valence-electron chi connectivity index (χ1n) is 9.86. The first-order valence-corrected chi connectivity index (χ1v) is 9.86. The molecule has 1 aliphatic carbocycles. The third-order valence-electron chi connectivity index (χ3n) is 5.42. The van der Waals surface area contributed by atoms with Gasteiger partial charge in [0.15, 0.2) is 0 Å². The Balaban J connectivity index is 1.59. The highest BCUT2D eigenvalue weighted by atomic mass is 19.4. The van der Waals surface area contributed by atoms with Gasteiger partial charge in [-0.25, -0.2) is 13.8 Å².